The van der Waals surface area contributed by atoms with Crippen LogP contribution in [0.15, 0.2) is 98.7 Å². The molecule has 0 aromatic heterocycles. The van der Waals surface area contributed by atoms with Crippen molar-refractivity contribution >= 4 is 51.7 Å². The van der Waals surface area contributed by atoms with Gasteiger partial charge in [0.15, 0.2) is 5.17 Å². The number of anilines is 2. The molecule has 2 saturated heterocycles. The minimum Gasteiger partial charge on any atom is -0.378 e. The summed E-state index contributed by atoms with van der Waals surface area (Å²) in [6.07, 6.45) is 0.773. The molecule has 3 heterocycles. The molecule has 194 valence electrons. The molecule has 2 fully saturated rings. The van der Waals surface area contributed by atoms with Gasteiger partial charge in [-0.3, -0.25) is 9.69 Å². The van der Waals surface area contributed by atoms with Gasteiger partial charge in [0, 0.05) is 36.8 Å². The summed E-state index contributed by atoms with van der Waals surface area (Å²) in [4.78, 5) is 27.3. The lowest BCUT2D eigenvalue weighted by Crippen LogP contribution is -2.36. The summed E-state index contributed by atoms with van der Waals surface area (Å²) < 4.78 is 5.49. The van der Waals surface area contributed by atoms with Gasteiger partial charge in [-0.2, -0.15) is 0 Å². The number of carbonyl (C=O) groups excluding carboxylic acids is 1. The molecule has 3 aromatic carbocycles. The number of morpholine rings is 1. The molecule has 0 atom stereocenters. The maximum Gasteiger partial charge on any atom is 0.269 e. The van der Waals surface area contributed by atoms with Crippen LogP contribution in [-0.4, -0.2) is 55.4 Å². The number of fused-ring (bicyclic) bond motifs is 1. The van der Waals surface area contributed by atoms with E-state index in [-0.39, 0.29) is 5.91 Å². The number of rotatable bonds is 6. The van der Waals surface area contributed by atoms with Crippen LogP contribution < -0.4 is 9.80 Å². The number of thioether (sulfide) groups is 2. The van der Waals surface area contributed by atoms with Gasteiger partial charge in [0.25, 0.3) is 5.91 Å². The van der Waals surface area contributed by atoms with E-state index in [1.165, 1.54) is 27.9 Å². The summed E-state index contributed by atoms with van der Waals surface area (Å²) in [5.74, 6) is 0.0309. The van der Waals surface area contributed by atoms with Crippen LogP contribution >= 0.6 is 23.5 Å². The van der Waals surface area contributed by atoms with Crippen molar-refractivity contribution in [1.82, 2.24) is 4.90 Å². The normalized spacial score (nSPS) is 20.5. The zero-order valence-electron chi connectivity index (χ0n) is 21.4. The van der Waals surface area contributed by atoms with E-state index in [0.29, 0.717) is 6.54 Å². The van der Waals surface area contributed by atoms with Gasteiger partial charge in [-0.15, -0.1) is 0 Å². The fourth-order valence-electron chi connectivity index (χ4n) is 4.89. The molecule has 0 N–H and O–H groups in total. The lowest BCUT2D eigenvalue weighted by Gasteiger charge is -2.28. The molecule has 0 aliphatic carbocycles. The SMILES string of the molecule is CCN1C(=C2SC(=Nc3ccc(N4CCOCC4)cc3)N(CCc3ccccc3)C2=O)Sc2ccccc21. The maximum atomic E-state index is 13.9. The number of carbonyl (C=O) groups is 1. The summed E-state index contributed by atoms with van der Waals surface area (Å²) in [5.41, 5.74) is 4.40. The molecule has 6 nitrogen and oxygen atoms in total. The van der Waals surface area contributed by atoms with Gasteiger partial charge in [-0.1, -0.05) is 54.2 Å². The summed E-state index contributed by atoms with van der Waals surface area (Å²) in [5, 5.41) is 1.74. The van der Waals surface area contributed by atoms with Crippen molar-refractivity contribution in [1.29, 1.82) is 0 Å². The average Bonchev–Trinajstić information content (AvgIpc) is 3.49. The Morgan fingerprint density at radius 2 is 1.61 bits per heavy atom. The summed E-state index contributed by atoms with van der Waals surface area (Å²) in [6, 6.07) is 27.0. The molecule has 0 saturated carbocycles. The van der Waals surface area contributed by atoms with Crippen LogP contribution in [0.5, 0.6) is 0 Å². The second-order valence-electron chi connectivity index (χ2n) is 9.25. The Morgan fingerprint density at radius 3 is 2.37 bits per heavy atom. The monoisotopic (exact) mass is 542 g/mol. The van der Waals surface area contributed by atoms with E-state index in [2.05, 4.69) is 65.3 Å². The highest BCUT2D eigenvalue weighted by molar-refractivity contribution is 8.19. The Bertz CT molecular complexity index is 1370. The first-order valence-corrected chi connectivity index (χ1v) is 14.7. The number of benzene rings is 3. The van der Waals surface area contributed by atoms with Crippen LogP contribution in [0.4, 0.5) is 17.1 Å². The van der Waals surface area contributed by atoms with E-state index in [1.807, 2.05) is 35.2 Å². The Kier molecular flexibility index (Phi) is 7.44. The molecule has 3 aliphatic heterocycles. The molecule has 38 heavy (non-hydrogen) atoms. The molecule has 6 rings (SSSR count). The van der Waals surface area contributed by atoms with Crippen molar-refractivity contribution < 1.29 is 9.53 Å². The number of aliphatic imine (C=N–C) groups is 1. The second kappa shape index (κ2) is 11.3. The molecule has 1 amide bonds. The maximum absolute atomic E-state index is 13.9. The highest BCUT2D eigenvalue weighted by Gasteiger charge is 2.39. The number of ether oxygens (including phenoxy) is 1. The predicted octanol–water partition coefficient (Wildman–Crippen LogP) is 6.13. The fraction of sp³-hybridized carbons (Fsp3) is 0.267. The molecule has 3 aliphatic rings. The number of para-hydroxylation sites is 1. The molecular formula is C30H30N4O2S2. The van der Waals surface area contributed by atoms with E-state index < -0.39 is 0 Å². The van der Waals surface area contributed by atoms with E-state index in [1.54, 1.807) is 11.8 Å². The Labute approximate surface area is 232 Å². The minimum absolute atomic E-state index is 0.0309. The highest BCUT2D eigenvalue weighted by Crippen LogP contribution is 2.50. The van der Waals surface area contributed by atoms with Gasteiger partial charge < -0.3 is 14.5 Å². The molecule has 0 spiro atoms. The first kappa shape index (κ1) is 25.1. The van der Waals surface area contributed by atoms with Gasteiger partial charge in [0.1, 0.15) is 9.93 Å². The molecule has 0 radical (unpaired) electrons. The van der Waals surface area contributed by atoms with Gasteiger partial charge in [0.05, 0.1) is 24.6 Å². The van der Waals surface area contributed by atoms with Gasteiger partial charge >= 0.3 is 0 Å². The van der Waals surface area contributed by atoms with Gasteiger partial charge in [-0.05, 0) is 67.1 Å². The highest BCUT2D eigenvalue weighted by atomic mass is 32.2. The van der Waals surface area contributed by atoms with Crippen molar-refractivity contribution in [2.45, 2.75) is 18.2 Å². The van der Waals surface area contributed by atoms with E-state index >= 15 is 0 Å². The zero-order valence-corrected chi connectivity index (χ0v) is 23.0. The van der Waals surface area contributed by atoms with E-state index in [4.69, 9.17) is 9.73 Å². The number of hydrogen-bond donors (Lipinski definition) is 0. The zero-order chi connectivity index (χ0) is 25.9. The third-order valence-electron chi connectivity index (χ3n) is 6.90. The first-order chi connectivity index (χ1) is 18.7. The predicted molar refractivity (Wildman–Crippen MR) is 158 cm³/mol. The van der Waals surface area contributed by atoms with Crippen molar-refractivity contribution in [3.63, 3.8) is 0 Å². The van der Waals surface area contributed by atoms with Crippen LogP contribution in [0.25, 0.3) is 0 Å². The third-order valence-corrected chi connectivity index (χ3v) is 9.28. The Hall–Kier alpha value is -3.20. The fourth-order valence-corrected chi connectivity index (χ4v) is 7.31. The number of amidine groups is 1. The van der Waals surface area contributed by atoms with Gasteiger partial charge in [-0.25, -0.2) is 4.99 Å². The third kappa shape index (κ3) is 5.08. The van der Waals surface area contributed by atoms with E-state index in [0.717, 1.165) is 65.7 Å². The minimum atomic E-state index is 0.0309. The van der Waals surface area contributed by atoms with Crippen molar-refractivity contribution in [3.05, 3.63) is 94.4 Å². The Balaban J connectivity index is 1.31. The van der Waals surface area contributed by atoms with E-state index in [9.17, 15) is 4.79 Å². The van der Waals surface area contributed by atoms with Crippen LogP contribution in [-0.2, 0) is 16.0 Å². The van der Waals surface area contributed by atoms with Crippen molar-refractivity contribution in [2.75, 3.05) is 49.2 Å². The number of amides is 1. The number of hydrogen-bond acceptors (Lipinski definition) is 7. The number of nitrogens with zero attached hydrogens (tertiary/aromatic N) is 4. The second-order valence-corrected chi connectivity index (χ2v) is 11.3. The summed E-state index contributed by atoms with van der Waals surface area (Å²) in [7, 11) is 0. The molecule has 3 aromatic rings. The molecule has 0 unspecified atom stereocenters. The van der Waals surface area contributed by atoms with Gasteiger partial charge in [0.2, 0.25) is 0 Å². The quantitative estimate of drug-likeness (QED) is 0.349. The Morgan fingerprint density at radius 1 is 0.868 bits per heavy atom. The molecule has 0 bridgehead atoms. The molecular weight excluding hydrogens is 512 g/mol. The standard InChI is InChI=1S/C30H30N4O2S2/c1-2-33-25-10-6-7-11-26(25)37-29(33)27-28(35)34(17-16-22-8-4-3-5-9-22)30(38-27)31-23-12-14-24(15-13-23)32-18-20-36-21-19-32/h3-15H,2,16-21H2,1H3. The lowest BCUT2D eigenvalue weighted by atomic mass is 10.1. The van der Waals surface area contributed by atoms with Crippen LogP contribution in [0.2, 0.25) is 0 Å². The molecule has 8 heteroatoms. The van der Waals surface area contributed by atoms with Crippen LogP contribution in [0.1, 0.15) is 12.5 Å². The summed E-state index contributed by atoms with van der Waals surface area (Å²) in [6.45, 7) is 6.83. The largest absolute Gasteiger partial charge is 0.378 e. The summed E-state index contributed by atoms with van der Waals surface area (Å²) >= 11 is 3.17. The average molecular weight is 543 g/mol. The smallest absolute Gasteiger partial charge is 0.269 e. The van der Waals surface area contributed by atoms with Crippen LogP contribution in [0, 0.1) is 0 Å². The van der Waals surface area contributed by atoms with Crippen molar-refractivity contribution in [2.24, 2.45) is 4.99 Å². The van der Waals surface area contributed by atoms with Crippen molar-refractivity contribution in [3.8, 4) is 0 Å². The lowest BCUT2D eigenvalue weighted by molar-refractivity contribution is -0.122. The van der Waals surface area contributed by atoms with Crippen LogP contribution in [0.3, 0.4) is 0 Å². The first-order valence-electron chi connectivity index (χ1n) is 13.0. The topological polar surface area (TPSA) is 48.4 Å².